The standard InChI is InChI=1S/C24H24N4O/c1-15(18-9-10-21-22(12-18)28-23(27-21)17-7-8-17)26-24(29)20-14-25-13-19(20)11-16-5-3-2-4-6-16/h2-6,9-10,12-15,17,25H,7-8,11H2,1H3,(H,26,29)(H,27,28). The van der Waals surface area contributed by atoms with Gasteiger partial charge in [-0.3, -0.25) is 4.79 Å². The van der Waals surface area contributed by atoms with E-state index in [0.717, 1.165) is 34.4 Å². The van der Waals surface area contributed by atoms with E-state index in [4.69, 9.17) is 0 Å². The first-order chi connectivity index (χ1) is 14.2. The first-order valence-corrected chi connectivity index (χ1v) is 10.2. The van der Waals surface area contributed by atoms with E-state index in [-0.39, 0.29) is 11.9 Å². The van der Waals surface area contributed by atoms with Gasteiger partial charge in [0, 0.05) is 18.3 Å². The molecule has 0 saturated heterocycles. The van der Waals surface area contributed by atoms with Crippen LogP contribution < -0.4 is 5.32 Å². The van der Waals surface area contributed by atoms with Gasteiger partial charge in [-0.1, -0.05) is 36.4 Å². The second-order valence-corrected chi connectivity index (χ2v) is 7.92. The van der Waals surface area contributed by atoms with Crippen LogP contribution in [0.1, 0.15) is 64.6 Å². The van der Waals surface area contributed by atoms with E-state index >= 15 is 0 Å². The average Bonchev–Trinajstić information content (AvgIpc) is 3.33. The van der Waals surface area contributed by atoms with Crippen molar-refractivity contribution in [3.63, 3.8) is 0 Å². The van der Waals surface area contributed by atoms with Crippen LogP contribution in [-0.2, 0) is 6.42 Å². The lowest BCUT2D eigenvalue weighted by Crippen LogP contribution is -2.27. The maximum absolute atomic E-state index is 12.9. The zero-order valence-electron chi connectivity index (χ0n) is 16.4. The number of rotatable bonds is 6. The fourth-order valence-electron chi connectivity index (χ4n) is 3.79. The van der Waals surface area contributed by atoms with Crippen molar-refractivity contribution in [3.8, 4) is 0 Å². The highest BCUT2D eigenvalue weighted by atomic mass is 16.1. The van der Waals surface area contributed by atoms with Gasteiger partial charge in [0.2, 0.25) is 0 Å². The fourth-order valence-corrected chi connectivity index (χ4v) is 3.79. The quantitative estimate of drug-likeness (QED) is 0.445. The van der Waals surface area contributed by atoms with Gasteiger partial charge in [-0.25, -0.2) is 4.98 Å². The van der Waals surface area contributed by atoms with Gasteiger partial charge in [-0.2, -0.15) is 0 Å². The minimum atomic E-state index is -0.0981. The maximum Gasteiger partial charge on any atom is 0.253 e. The van der Waals surface area contributed by atoms with Gasteiger partial charge in [-0.05, 0) is 55.0 Å². The molecule has 3 N–H and O–H groups in total. The second-order valence-electron chi connectivity index (χ2n) is 7.92. The Labute approximate surface area is 169 Å². The van der Waals surface area contributed by atoms with Gasteiger partial charge in [0.25, 0.3) is 5.91 Å². The number of carbonyl (C=O) groups is 1. The molecule has 2 heterocycles. The summed E-state index contributed by atoms with van der Waals surface area (Å²) in [6.07, 6.45) is 6.86. The SMILES string of the molecule is CC(NC(=O)c1c[nH]cc1Cc1ccccc1)c1ccc2nc(C3CC3)[nH]c2c1. The number of amides is 1. The highest BCUT2D eigenvalue weighted by Gasteiger charge is 2.27. The normalized spacial score (nSPS) is 14.8. The first kappa shape index (κ1) is 17.7. The number of aromatic amines is 2. The highest BCUT2D eigenvalue weighted by Crippen LogP contribution is 2.39. The molecule has 0 bridgehead atoms. The van der Waals surface area contributed by atoms with Crippen molar-refractivity contribution in [1.82, 2.24) is 20.3 Å². The average molecular weight is 384 g/mol. The summed E-state index contributed by atoms with van der Waals surface area (Å²) in [5, 5.41) is 3.14. The van der Waals surface area contributed by atoms with Crippen LogP contribution >= 0.6 is 0 Å². The Morgan fingerprint density at radius 2 is 2.00 bits per heavy atom. The number of carbonyl (C=O) groups excluding carboxylic acids is 1. The van der Waals surface area contributed by atoms with Crippen molar-refractivity contribution < 1.29 is 4.79 Å². The Morgan fingerprint density at radius 1 is 1.17 bits per heavy atom. The number of hydrogen-bond donors (Lipinski definition) is 3. The van der Waals surface area contributed by atoms with Gasteiger partial charge < -0.3 is 15.3 Å². The molecule has 146 valence electrons. The number of nitrogens with zero attached hydrogens (tertiary/aromatic N) is 1. The molecule has 5 rings (SSSR count). The molecule has 29 heavy (non-hydrogen) atoms. The number of benzene rings is 2. The highest BCUT2D eigenvalue weighted by molar-refractivity contribution is 5.96. The summed E-state index contributed by atoms with van der Waals surface area (Å²) in [5.41, 5.74) is 5.97. The number of fused-ring (bicyclic) bond motifs is 1. The molecular formula is C24H24N4O. The number of hydrogen-bond acceptors (Lipinski definition) is 2. The van der Waals surface area contributed by atoms with Gasteiger partial charge in [-0.15, -0.1) is 0 Å². The van der Waals surface area contributed by atoms with Crippen LogP contribution in [0.3, 0.4) is 0 Å². The first-order valence-electron chi connectivity index (χ1n) is 10.2. The third-order valence-corrected chi connectivity index (χ3v) is 5.65. The van der Waals surface area contributed by atoms with Gasteiger partial charge >= 0.3 is 0 Å². The lowest BCUT2D eigenvalue weighted by atomic mass is 10.0. The molecule has 1 atom stereocenters. The van der Waals surface area contributed by atoms with Crippen molar-refractivity contribution >= 4 is 16.9 Å². The van der Waals surface area contributed by atoms with Crippen molar-refractivity contribution in [3.05, 3.63) is 89.0 Å². The third kappa shape index (κ3) is 3.68. The Bertz CT molecular complexity index is 1150. The molecule has 2 aromatic heterocycles. The molecule has 0 spiro atoms. The summed E-state index contributed by atoms with van der Waals surface area (Å²) < 4.78 is 0. The van der Waals surface area contributed by atoms with Crippen molar-refractivity contribution in [2.75, 3.05) is 0 Å². The largest absolute Gasteiger partial charge is 0.367 e. The van der Waals surface area contributed by atoms with Gasteiger partial charge in [0.1, 0.15) is 5.82 Å². The third-order valence-electron chi connectivity index (χ3n) is 5.65. The van der Waals surface area contributed by atoms with Crippen LogP contribution in [0.25, 0.3) is 11.0 Å². The van der Waals surface area contributed by atoms with E-state index in [0.29, 0.717) is 11.5 Å². The molecule has 4 aromatic rings. The molecule has 0 radical (unpaired) electrons. The van der Waals surface area contributed by atoms with Crippen LogP contribution in [0.2, 0.25) is 0 Å². The molecule has 0 aliphatic heterocycles. The molecular weight excluding hydrogens is 360 g/mol. The molecule has 5 nitrogen and oxygen atoms in total. The van der Waals surface area contributed by atoms with Crippen LogP contribution in [0.5, 0.6) is 0 Å². The molecule has 1 aliphatic carbocycles. The Hall–Kier alpha value is -3.34. The summed E-state index contributed by atoms with van der Waals surface area (Å²) in [5.74, 6) is 1.62. The minimum absolute atomic E-state index is 0.0620. The lowest BCUT2D eigenvalue weighted by Gasteiger charge is -2.15. The Kier molecular flexibility index (Phi) is 4.43. The van der Waals surface area contributed by atoms with Gasteiger partial charge in [0.15, 0.2) is 0 Å². The zero-order valence-corrected chi connectivity index (χ0v) is 16.4. The number of aromatic nitrogens is 3. The minimum Gasteiger partial charge on any atom is -0.367 e. The monoisotopic (exact) mass is 384 g/mol. The van der Waals surface area contributed by atoms with E-state index in [9.17, 15) is 4.79 Å². The van der Waals surface area contributed by atoms with E-state index in [1.807, 2.05) is 43.5 Å². The number of imidazole rings is 1. The molecule has 1 aliphatic rings. The van der Waals surface area contributed by atoms with E-state index < -0.39 is 0 Å². The molecule has 2 aromatic carbocycles. The van der Waals surface area contributed by atoms with Crippen LogP contribution in [0.4, 0.5) is 0 Å². The van der Waals surface area contributed by atoms with E-state index in [1.165, 1.54) is 18.4 Å². The summed E-state index contributed by atoms with van der Waals surface area (Å²) in [4.78, 5) is 24.1. The molecule has 1 fully saturated rings. The zero-order chi connectivity index (χ0) is 19.8. The summed E-state index contributed by atoms with van der Waals surface area (Å²) in [6, 6.07) is 16.3. The molecule has 5 heteroatoms. The molecule has 1 unspecified atom stereocenters. The van der Waals surface area contributed by atoms with E-state index in [1.54, 1.807) is 6.20 Å². The van der Waals surface area contributed by atoms with Crippen LogP contribution in [-0.4, -0.2) is 20.9 Å². The smallest absolute Gasteiger partial charge is 0.253 e. The van der Waals surface area contributed by atoms with Crippen molar-refractivity contribution in [2.45, 2.75) is 38.1 Å². The summed E-state index contributed by atoms with van der Waals surface area (Å²) in [6.45, 7) is 2.01. The van der Waals surface area contributed by atoms with Crippen LogP contribution in [0, 0.1) is 0 Å². The number of nitrogens with one attached hydrogen (secondary N) is 3. The Balaban J connectivity index is 1.32. The number of H-pyrrole nitrogens is 2. The summed E-state index contributed by atoms with van der Waals surface area (Å²) in [7, 11) is 0. The lowest BCUT2D eigenvalue weighted by molar-refractivity contribution is 0.0939. The topological polar surface area (TPSA) is 73.6 Å². The Morgan fingerprint density at radius 3 is 2.79 bits per heavy atom. The predicted molar refractivity (Wildman–Crippen MR) is 114 cm³/mol. The van der Waals surface area contributed by atoms with Crippen molar-refractivity contribution in [2.24, 2.45) is 0 Å². The van der Waals surface area contributed by atoms with E-state index in [2.05, 4.69) is 38.5 Å². The predicted octanol–water partition coefficient (Wildman–Crippen LogP) is 4.85. The van der Waals surface area contributed by atoms with Crippen molar-refractivity contribution in [1.29, 1.82) is 0 Å². The fraction of sp³-hybridized carbons (Fsp3) is 0.250. The molecule has 1 amide bonds. The van der Waals surface area contributed by atoms with Gasteiger partial charge in [0.05, 0.1) is 22.6 Å². The van der Waals surface area contributed by atoms with Crippen LogP contribution in [0.15, 0.2) is 60.9 Å². The maximum atomic E-state index is 12.9. The second kappa shape index (κ2) is 7.24. The summed E-state index contributed by atoms with van der Waals surface area (Å²) >= 11 is 0. The molecule has 1 saturated carbocycles.